The van der Waals surface area contributed by atoms with E-state index in [2.05, 4.69) is 17.1 Å². The Labute approximate surface area is 123 Å². The number of rotatable bonds is 5. The molecule has 0 unspecified atom stereocenters. The van der Waals surface area contributed by atoms with Gasteiger partial charge in [-0.2, -0.15) is 0 Å². The van der Waals surface area contributed by atoms with Crippen molar-refractivity contribution in [1.82, 2.24) is 4.90 Å². The second-order valence-electron chi connectivity index (χ2n) is 4.18. The van der Waals surface area contributed by atoms with Crippen molar-refractivity contribution >= 4 is 40.4 Å². The summed E-state index contributed by atoms with van der Waals surface area (Å²) in [5.41, 5.74) is 1.26. The van der Waals surface area contributed by atoms with Crippen LogP contribution in [-0.4, -0.2) is 39.7 Å². The van der Waals surface area contributed by atoms with Crippen molar-refractivity contribution in [3.8, 4) is 0 Å². The molecule has 1 fully saturated rings. The molecule has 1 atom stereocenters. The summed E-state index contributed by atoms with van der Waals surface area (Å²) >= 11 is 6.57. The monoisotopic (exact) mass is 292 g/mol. The van der Waals surface area contributed by atoms with Crippen LogP contribution in [0, 0.1) is 0 Å². The third-order valence-electron chi connectivity index (χ3n) is 2.89. The molecule has 1 aromatic carbocycles. The van der Waals surface area contributed by atoms with Gasteiger partial charge in [-0.3, -0.25) is 14.7 Å². The molecular formula is C14H16N2OS2. The Balaban J connectivity index is 1.83. The SMILES string of the molecule is CCN1C(=O)[C@H](C=NCCc2ccccc2)SC1=S. The Morgan fingerprint density at radius 3 is 2.79 bits per heavy atom. The lowest BCUT2D eigenvalue weighted by molar-refractivity contribution is -0.124. The van der Waals surface area contributed by atoms with Gasteiger partial charge in [0.05, 0.1) is 0 Å². The minimum absolute atomic E-state index is 0.0564. The first-order valence-electron chi connectivity index (χ1n) is 6.28. The number of hydrogen-bond donors (Lipinski definition) is 0. The van der Waals surface area contributed by atoms with Gasteiger partial charge in [-0.25, -0.2) is 0 Å². The third-order valence-corrected chi connectivity index (χ3v) is 4.40. The van der Waals surface area contributed by atoms with Gasteiger partial charge in [0.15, 0.2) is 0 Å². The summed E-state index contributed by atoms with van der Waals surface area (Å²) in [6.45, 7) is 3.27. The lowest BCUT2D eigenvalue weighted by Gasteiger charge is -2.10. The Hall–Kier alpha value is -1.20. The van der Waals surface area contributed by atoms with Crippen LogP contribution in [-0.2, 0) is 11.2 Å². The van der Waals surface area contributed by atoms with Crippen LogP contribution in [0.5, 0.6) is 0 Å². The van der Waals surface area contributed by atoms with Crippen LogP contribution in [0.1, 0.15) is 12.5 Å². The number of thiocarbonyl (C=S) groups is 1. The summed E-state index contributed by atoms with van der Waals surface area (Å²) in [5.74, 6) is 0.0564. The summed E-state index contributed by atoms with van der Waals surface area (Å²) < 4.78 is 0.659. The largest absolute Gasteiger partial charge is 0.297 e. The van der Waals surface area contributed by atoms with E-state index in [1.165, 1.54) is 17.3 Å². The van der Waals surface area contributed by atoms with E-state index in [0.29, 0.717) is 17.4 Å². The normalized spacial score (nSPS) is 19.6. The molecule has 1 amide bonds. The summed E-state index contributed by atoms with van der Waals surface area (Å²) in [7, 11) is 0. The number of thioether (sulfide) groups is 1. The van der Waals surface area contributed by atoms with Gasteiger partial charge in [-0.1, -0.05) is 54.3 Å². The molecule has 0 bridgehead atoms. The van der Waals surface area contributed by atoms with Crippen LogP contribution in [0.3, 0.4) is 0 Å². The van der Waals surface area contributed by atoms with Crippen molar-refractivity contribution in [2.24, 2.45) is 4.99 Å². The second kappa shape index (κ2) is 6.82. The summed E-state index contributed by atoms with van der Waals surface area (Å²) in [6, 6.07) is 10.2. The van der Waals surface area contributed by atoms with Crippen LogP contribution in [0.15, 0.2) is 35.3 Å². The Bertz CT molecular complexity index is 487. The van der Waals surface area contributed by atoms with Gasteiger partial charge in [0.25, 0.3) is 0 Å². The minimum atomic E-state index is -0.233. The zero-order valence-corrected chi connectivity index (χ0v) is 12.4. The Kier molecular flexibility index (Phi) is 5.10. The summed E-state index contributed by atoms with van der Waals surface area (Å²) in [4.78, 5) is 17.9. The van der Waals surface area contributed by atoms with Crippen molar-refractivity contribution in [1.29, 1.82) is 0 Å². The molecule has 1 saturated heterocycles. The van der Waals surface area contributed by atoms with Crippen LogP contribution >= 0.6 is 24.0 Å². The first-order valence-corrected chi connectivity index (χ1v) is 7.57. The Morgan fingerprint density at radius 2 is 2.16 bits per heavy atom. The molecule has 100 valence electrons. The van der Waals surface area contributed by atoms with Gasteiger partial charge in [-0.15, -0.1) is 0 Å². The van der Waals surface area contributed by atoms with Crippen molar-refractivity contribution in [3.05, 3.63) is 35.9 Å². The van der Waals surface area contributed by atoms with Gasteiger partial charge in [0, 0.05) is 19.3 Å². The highest BCUT2D eigenvalue weighted by molar-refractivity contribution is 8.24. The maximum atomic E-state index is 11.9. The van der Waals surface area contributed by atoms with E-state index >= 15 is 0 Å². The fraction of sp³-hybridized carbons (Fsp3) is 0.357. The maximum Gasteiger partial charge on any atom is 0.247 e. The standard InChI is InChI=1S/C14H16N2OS2/c1-2-16-13(17)12(19-14(16)18)10-15-9-8-11-6-4-3-5-7-11/h3-7,10,12H,2,8-9H2,1H3/t12-/m0/s1. The third kappa shape index (κ3) is 3.64. The van der Waals surface area contributed by atoms with Crippen LogP contribution in [0.4, 0.5) is 0 Å². The smallest absolute Gasteiger partial charge is 0.247 e. The zero-order chi connectivity index (χ0) is 13.7. The number of nitrogens with zero attached hydrogens (tertiary/aromatic N) is 2. The first-order chi connectivity index (χ1) is 9.22. The summed E-state index contributed by atoms with van der Waals surface area (Å²) in [5, 5.41) is -0.233. The van der Waals surface area contributed by atoms with E-state index in [1.54, 1.807) is 11.1 Å². The number of amides is 1. The number of aliphatic imine (C=N–C) groups is 1. The molecule has 1 heterocycles. The van der Waals surface area contributed by atoms with Crippen molar-refractivity contribution in [2.75, 3.05) is 13.1 Å². The molecule has 0 aromatic heterocycles. The van der Waals surface area contributed by atoms with Gasteiger partial charge in [0.2, 0.25) is 5.91 Å². The lowest BCUT2D eigenvalue weighted by atomic mass is 10.2. The Morgan fingerprint density at radius 1 is 1.42 bits per heavy atom. The molecule has 1 aromatic rings. The molecule has 0 aliphatic carbocycles. The van der Waals surface area contributed by atoms with E-state index in [0.717, 1.165) is 6.42 Å². The number of benzene rings is 1. The fourth-order valence-corrected chi connectivity index (χ4v) is 3.32. The molecule has 5 heteroatoms. The molecule has 0 saturated carbocycles. The van der Waals surface area contributed by atoms with Crippen molar-refractivity contribution in [3.63, 3.8) is 0 Å². The number of hydrogen-bond acceptors (Lipinski definition) is 4. The highest BCUT2D eigenvalue weighted by Gasteiger charge is 2.34. The van der Waals surface area contributed by atoms with E-state index in [4.69, 9.17) is 12.2 Å². The fourth-order valence-electron chi connectivity index (χ4n) is 1.85. The molecule has 0 spiro atoms. The molecule has 0 N–H and O–H groups in total. The van der Waals surface area contributed by atoms with Crippen LogP contribution in [0.2, 0.25) is 0 Å². The molecule has 1 aliphatic heterocycles. The van der Waals surface area contributed by atoms with Gasteiger partial charge < -0.3 is 0 Å². The lowest BCUT2D eigenvalue weighted by Crippen LogP contribution is -2.31. The highest BCUT2D eigenvalue weighted by Crippen LogP contribution is 2.25. The zero-order valence-electron chi connectivity index (χ0n) is 10.8. The quantitative estimate of drug-likeness (QED) is 0.617. The topological polar surface area (TPSA) is 32.7 Å². The van der Waals surface area contributed by atoms with Gasteiger partial charge in [0.1, 0.15) is 9.57 Å². The maximum absolute atomic E-state index is 11.9. The molecule has 0 radical (unpaired) electrons. The highest BCUT2D eigenvalue weighted by atomic mass is 32.2. The molecule has 3 nitrogen and oxygen atoms in total. The molecule has 2 rings (SSSR count). The number of carbonyl (C=O) groups excluding carboxylic acids is 1. The van der Waals surface area contributed by atoms with E-state index in [1.807, 2.05) is 25.1 Å². The molecule has 1 aliphatic rings. The van der Waals surface area contributed by atoms with Crippen LogP contribution in [0.25, 0.3) is 0 Å². The van der Waals surface area contributed by atoms with Crippen molar-refractivity contribution in [2.45, 2.75) is 18.6 Å². The predicted molar refractivity (Wildman–Crippen MR) is 84.9 cm³/mol. The minimum Gasteiger partial charge on any atom is -0.297 e. The number of carbonyl (C=O) groups is 1. The average Bonchev–Trinajstić information content (AvgIpc) is 2.70. The predicted octanol–water partition coefficient (Wildman–Crippen LogP) is 2.55. The molecular weight excluding hydrogens is 276 g/mol. The van der Waals surface area contributed by atoms with E-state index < -0.39 is 0 Å². The summed E-state index contributed by atoms with van der Waals surface area (Å²) in [6.07, 6.45) is 2.63. The van der Waals surface area contributed by atoms with Crippen LogP contribution < -0.4 is 0 Å². The second-order valence-corrected chi connectivity index (χ2v) is 5.95. The van der Waals surface area contributed by atoms with Gasteiger partial charge in [-0.05, 0) is 18.9 Å². The van der Waals surface area contributed by atoms with Gasteiger partial charge >= 0.3 is 0 Å². The van der Waals surface area contributed by atoms with E-state index in [-0.39, 0.29) is 11.2 Å². The molecule has 19 heavy (non-hydrogen) atoms. The first kappa shape index (κ1) is 14.2. The van der Waals surface area contributed by atoms with E-state index in [9.17, 15) is 4.79 Å². The average molecular weight is 292 g/mol. The van der Waals surface area contributed by atoms with Crippen molar-refractivity contribution < 1.29 is 4.79 Å².